The van der Waals surface area contributed by atoms with Crippen molar-refractivity contribution in [2.75, 3.05) is 13.1 Å². The molecule has 1 aliphatic heterocycles. The Morgan fingerprint density at radius 1 is 1.20 bits per heavy atom. The molecule has 5 nitrogen and oxygen atoms in total. The van der Waals surface area contributed by atoms with E-state index in [0.29, 0.717) is 5.92 Å². The highest BCUT2D eigenvalue weighted by Gasteiger charge is 2.26. The third-order valence-corrected chi connectivity index (χ3v) is 3.70. The molecule has 0 N–H and O–H groups in total. The number of hydrogen-bond acceptors (Lipinski definition) is 5. The number of likely N-dealkylation sites (tertiary alicyclic amines) is 1. The Morgan fingerprint density at radius 2 is 1.95 bits per heavy atom. The second-order valence-electron chi connectivity index (χ2n) is 5.66. The molecule has 1 aliphatic rings. The standard InChI is InChI=1S/C15H20N4O/c1-10-6-11(2)17-15(16-10)13-4-5-19(8-13)9-14-7-12(3)20-18-14/h6-7,13H,4-5,8-9H2,1-3H3. The summed E-state index contributed by atoms with van der Waals surface area (Å²) < 4.78 is 5.12. The first-order valence-electron chi connectivity index (χ1n) is 7.07. The van der Waals surface area contributed by atoms with Gasteiger partial charge in [0, 0.05) is 36.5 Å². The van der Waals surface area contributed by atoms with Gasteiger partial charge in [0.2, 0.25) is 0 Å². The molecule has 0 bridgehead atoms. The van der Waals surface area contributed by atoms with Crippen molar-refractivity contribution in [1.29, 1.82) is 0 Å². The highest BCUT2D eigenvalue weighted by molar-refractivity contribution is 5.12. The van der Waals surface area contributed by atoms with Gasteiger partial charge in [-0.05, 0) is 39.8 Å². The lowest BCUT2D eigenvalue weighted by Gasteiger charge is -2.14. The summed E-state index contributed by atoms with van der Waals surface area (Å²) in [6, 6.07) is 4.02. The predicted octanol–water partition coefficient (Wildman–Crippen LogP) is 2.38. The maximum absolute atomic E-state index is 5.12. The molecule has 0 aromatic carbocycles. The van der Waals surface area contributed by atoms with E-state index in [2.05, 4.69) is 20.0 Å². The van der Waals surface area contributed by atoms with Gasteiger partial charge >= 0.3 is 0 Å². The zero-order valence-electron chi connectivity index (χ0n) is 12.3. The van der Waals surface area contributed by atoms with E-state index < -0.39 is 0 Å². The lowest BCUT2D eigenvalue weighted by molar-refractivity contribution is 0.307. The molecule has 3 heterocycles. The van der Waals surface area contributed by atoms with Gasteiger partial charge in [-0.2, -0.15) is 0 Å². The van der Waals surface area contributed by atoms with Crippen LogP contribution in [-0.4, -0.2) is 33.1 Å². The Morgan fingerprint density at radius 3 is 2.60 bits per heavy atom. The van der Waals surface area contributed by atoms with Gasteiger partial charge in [-0.15, -0.1) is 0 Å². The number of hydrogen-bond donors (Lipinski definition) is 0. The summed E-state index contributed by atoms with van der Waals surface area (Å²) in [6.45, 7) is 8.89. The first-order chi connectivity index (χ1) is 9.60. The van der Waals surface area contributed by atoms with Crippen LogP contribution in [0.5, 0.6) is 0 Å². The summed E-state index contributed by atoms with van der Waals surface area (Å²) in [5.74, 6) is 2.29. The number of aryl methyl sites for hydroxylation is 3. The van der Waals surface area contributed by atoms with Gasteiger partial charge in [0.15, 0.2) is 0 Å². The van der Waals surface area contributed by atoms with Crippen LogP contribution >= 0.6 is 0 Å². The van der Waals surface area contributed by atoms with E-state index >= 15 is 0 Å². The van der Waals surface area contributed by atoms with Crippen LogP contribution in [0, 0.1) is 20.8 Å². The summed E-state index contributed by atoms with van der Waals surface area (Å²) in [7, 11) is 0. The van der Waals surface area contributed by atoms with E-state index in [1.807, 2.05) is 32.9 Å². The van der Waals surface area contributed by atoms with Crippen molar-refractivity contribution in [2.45, 2.75) is 39.7 Å². The van der Waals surface area contributed by atoms with E-state index in [0.717, 1.165) is 54.7 Å². The summed E-state index contributed by atoms with van der Waals surface area (Å²) in [4.78, 5) is 11.6. The van der Waals surface area contributed by atoms with Crippen LogP contribution in [0.2, 0.25) is 0 Å². The highest BCUT2D eigenvalue weighted by Crippen LogP contribution is 2.26. The van der Waals surface area contributed by atoms with Crippen molar-refractivity contribution in [3.05, 3.63) is 40.8 Å². The van der Waals surface area contributed by atoms with E-state index in [4.69, 9.17) is 4.52 Å². The molecule has 0 amide bonds. The molecule has 5 heteroatoms. The van der Waals surface area contributed by atoms with Crippen molar-refractivity contribution in [1.82, 2.24) is 20.0 Å². The lowest BCUT2D eigenvalue weighted by atomic mass is 10.1. The van der Waals surface area contributed by atoms with Crippen molar-refractivity contribution >= 4 is 0 Å². The van der Waals surface area contributed by atoms with Crippen molar-refractivity contribution < 1.29 is 4.52 Å². The fourth-order valence-corrected chi connectivity index (χ4v) is 2.84. The molecule has 2 aromatic heterocycles. The van der Waals surface area contributed by atoms with Gasteiger partial charge in [0.25, 0.3) is 0 Å². The Balaban J connectivity index is 1.67. The fraction of sp³-hybridized carbons (Fsp3) is 0.533. The summed E-state index contributed by atoms with van der Waals surface area (Å²) in [5.41, 5.74) is 3.11. The van der Waals surface area contributed by atoms with E-state index in [1.54, 1.807) is 0 Å². The Labute approximate surface area is 119 Å². The molecule has 3 rings (SSSR count). The molecule has 0 saturated carbocycles. The van der Waals surface area contributed by atoms with Crippen molar-refractivity contribution in [3.8, 4) is 0 Å². The molecule has 1 fully saturated rings. The van der Waals surface area contributed by atoms with Crippen LogP contribution in [-0.2, 0) is 6.54 Å². The molecule has 1 unspecified atom stereocenters. The van der Waals surface area contributed by atoms with Gasteiger partial charge in [-0.25, -0.2) is 9.97 Å². The molecule has 0 spiro atoms. The van der Waals surface area contributed by atoms with Gasteiger partial charge in [0.05, 0.1) is 5.69 Å². The van der Waals surface area contributed by atoms with Crippen LogP contribution < -0.4 is 0 Å². The van der Waals surface area contributed by atoms with Crippen LogP contribution in [0.4, 0.5) is 0 Å². The van der Waals surface area contributed by atoms with Gasteiger partial charge in [0.1, 0.15) is 11.6 Å². The molecule has 0 aliphatic carbocycles. The Bertz CT molecular complexity index is 587. The molecular formula is C15H20N4O. The van der Waals surface area contributed by atoms with E-state index in [1.165, 1.54) is 0 Å². The average Bonchev–Trinajstić information content (AvgIpc) is 2.98. The second kappa shape index (κ2) is 5.32. The van der Waals surface area contributed by atoms with E-state index in [-0.39, 0.29) is 0 Å². The minimum absolute atomic E-state index is 0.432. The molecule has 0 radical (unpaired) electrons. The first-order valence-corrected chi connectivity index (χ1v) is 7.07. The SMILES string of the molecule is Cc1cc(C)nc(C2CCN(Cc3cc(C)on3)C2)n1. The Kier molecular flexibility index (Phi) is 3.53. The van der Waals surface area contributed by atoms with E-state index in [9.17, 15) is 0 Å². The van der Waals surface area contributed by atoms with Crippen LogP contribution in [0.25, 0.3) is 0 Å². The van der Waals surface area contributed by atoms with Gasteiger partial charge in [-0.1, -0.05) is 5.16 Å². The van der Waals surface area contributed by atoms with Crippen LogP contribution in [0.1, 0.15) is 41.0 Å². The third kappa shape index (κ3) is 2.88. The lowest BCUT2D eigenvalue weighted by Crippen LogP contribution is -2.20. The maximum atomic E-state index is 5.12. The zero-order chi connectivity index (χ0) is 14.1. The maximum Gasteiger partial charge on any atom is 0.133 e. The minimum Gasteiger partial charge on any atom is -0.361 e. The molecule has 1 saturated heterocycles. The second-order valence-corrected chi connectivity index (χ2v) is 5.66. The van der Waals surface area contributed by atoms with Crippen molar-refractivity contribution in [3.63, 3.8) is 0 Å². The smallest absolute Gasteiger partial charge is 0.133 e. The molecule has 1 atom stereocenters. The summed E-state index contributed by atoms with van der Waals surface area (Å²) in [5, 5.41) is 4.06. The molecule has 2 aromatic rings. The number of rotatable bonds is 3. The van der Waals surface area contributed by atoms with Crippen LogP contribution in [0.3, 0.4) is 0 Å². The van der Waals surface area contributed by atoms with Gasteiger partial charge in [-0.3, -0.25) is 4.90 Å². The highest BCUT2D eigenvalue weighted by atomic mass is 16.5. The van der Waals surface area contributed by atoms with Crippen LogP contribution in [0.15, 0.2) is 16.7 Å². The average molecular weight is 272 g/mol. The molecule has 20 heavy (non-hydrogen) atoms. The largest absolute Gasteiger partial charge is 0.361 e. The molecular weight excluding hydrogens is 252 g/mol. The molecule has 106 valence electrons. The summed E-state index contributed by atoms with van der Waals surface area (Å²) >= 11 is 0. The number of nitrogens with zero attached hydrogens (tertiary/aromatic N) is 4. The normalized spacial score (nSPS) is 19.6. The first kappa shape index (κ1) is 13.2. The predicted molar refractivity (Wildman–Crippen MR) is 75.4 cm³/mol. The Hall–Kier alpha value is -1.75. The number of aromatic nitrogens is 3. The minimum atomic E-state index is 0.432. The monoisotopic (exact) mass is 272 g/mol. The quantitative estimate of drug-likeness (QED) is 0.858. The fourth-order valence-electron chi connectivity index (χ4n) is 2.84. The van der Waals surface area contributed by atoms with Crippen molar-refractivity contribution in [2.24, 2.45) is 0 Å². The van der Waals surface area contributed by atoms with Gasteiger partial charge < -0.3 is 4.52 Å². The summed E-state index contributed by atoms with van der Waals surface area (Å²) in [6.07, 6.45) is 1.11. The third-order valence-electron chi connectivity index (χ3n) is 3.70. The topological polar surface area (TPSA) is 55.1 Å². The zero-order valence-corrected chi connectivity index (χ0v) is 12.3.